The summed E-state index contributed by atoms with van der Waals surface area (Å²) in [5, 5.41) is 3.64. The quantitative estimate of drug-likeness (QED) is 0.691. The maximum Gasteiger partial charge on any atom is 0.291 e. The lowest BCUT2D eigenvalue weighted by molar-refractivity contribution is 0.0953. The predicted molar refractivity (Wildman–Crippen MR) is 83.7 cm³/mol. The SMILES string of the molecule is COc1ncc(NNC(=O)c2cc(-c3ccc(F)cc3)on2)cc1F. The van der Waals surface area contributed by atoms with Gasteiger partial charge in [-0.1, -0.05) is 5.16 Å². The molecule has 0 aliphatic rings. The van der Waals surface area contributed by atoms with Gasteiger partial charge in [0.25, 0.3) is 5.91 Å². The van der Waals surface area contributed by atoms with E-state index in [1.807, 2.05) is 0 Å². The van der Waals surface area contributed by atoms with Crippen LogP contribution in [0, 0.1) is 11.6 Å². The molecule has 0 fully saturated rings. The molecule has 2 N–H and O–H groups in total. The normalized spacial score (nSPS) is 10.4. The molecule has 3 aromatic rings. The summed E-state index contributed by atoms with van der Waals surface area (Å²) in [6.45, 7) is 0. The van der Waals surface area contributed by atoms with Crippen LogP contribution in [0.3, 0.4) is 0 Å². The summed E-state index contributed by atoms with van der Waals surface area (Å²) >= 11 is 0. The predicted octanol–water partition coefficient (Wildman–Crippen LogP) is 2.78. The maximum atomic E-state index is 13.5. The molecule has 2 heterocycles. The first-order valence-corrected chi connectivity index (χ1v) is 7.05. The Bertz CT molecular complexity index is 897. The minimum absolute atomic E-state index is 0.00577. The number of carbonyl (C=O) groups excluding carboxylic acids is 1. The van der Waals surface area contributed by atoms with Gasteiger partial charge >= 0.3 is 0 Å². The van der Waals surface area contributed by atoms with Gasteiger partial charge < -0.3 is 9.26 Å². The van der Waals surface area contributed by atoms with E-state index in [2.05, 4.69) is 21.0 Å². The van der Waals surface area contributed by atoms with E-state index in [9.17, 15) is 13.6 Å². The molecule has 0 saturated carbocycles. The van der Waals surface area contributed by atoms with Crippen molar-refractivity contribution in [2.45, 2.75) is 0 Å². The monoisotopic (exact) mass is 346 g/mol. The van der Waals surface area contributed by atoms with Gasteiger partial charge in [-0.25, -0.2) is 13.8 Å². The molecule has 0 saturated heterocycles. The average molecular weight is 346 g/mol. The van der Waals surface area contributed by atoms with Crippen molar-refractivity contribution in [2.75, 3.05) is 12.5 Å². The molecule has 0 unspecified atom stereocenters. The fraction of sp³-hybridized carbons (Fsp3) is 0.0625. The number of aromatic nitrogens is 2. The number of hydrazine groups is 1. The molecule has 1 aromatic carbocycles. The van der Waals surface area contributed by atoms with E-state index in [1.165, 1.54) is 43.6 Å². The van der Waals surface area contributed by atoms with Crippen LogP contribution in [0.25, 0.3) is 11.3 Å². The van der Waals surface area contributed by atoms with Gasteiger partial charge in [0.2, 0.25) is 5.88 Å². The maximum absolute atomic E-state index is 13.5. The molecule has 7 nitrogen and oxygen atoms in total. The van der Waals surface area contributed by atoms with Crippen molar-refractivity contribution in [2.24, 2.45) is 0 Å². The Kier molecular flexibility index (Phi) is 4.55. The minimum atomic E-state index is -0.679. The minimum Gasteiger partial charge on any atom is -0.479 e. The van der Waals surface area contributed by atoms with E-state index < -0.39 is 11.7 Å². The third kappa shape index (κ3) is 3.71. The summed E-state index contributed by atoms with van der Waals surface area (Å²) in [5.74, 6) is -1.51. The summed E-state index contributed by atoms with van der Waals surface area (Å²) in [6, 6.07) is 8.05. The number of benzene rings is 1. The molecule has 0 radical (unpaired) electrons. The van der Waals surface area contributed by atoms with Crippen LogP contribution in [0.2, 0.25) is 0 Å². The number of nitrogens with one attached hydrogen (secondary N) is 2. The lowest BCUT2D eigenvalue weighted by Crippen LogP contribution is -2.29. The molecule has 0 aliphatic carbocycles. The van der Waals surface area contributed by atoms with E-state index >= 15 is 0 Å². The number of methoxy groups -OCH3 is 1. The second kappa shape index (κ2) is 6.95. The van der Waals surface area contributed by atoms with E-state index in [0.717, 1.165) is 6.07 Å². The number of hydrogen-bond donors (Lipinski definition) is 2. The Hall–Kier alpha value is -3.49. The van der Waals surface area contributed by atoms with E-state index in [0.29, 0.717) is 11.3 Å². The molecular weight excluding hydrogens is 334 g/mol. The van der Waals surface area contributed by atoms with Crippen LogP contribution in [0.15, 0.2) is 47.1 Å². The Balaban J connectivity index is 1.66. The van der Waals surface area contributed by atoms with Gasteiger partial charge in [-0.15, -0.1) is 0 Å². The first kappa shape index (κ1) is 16.4. The van der Waals surface area contributed by atoms with Crippen molar-refractivity contribution in [3.63, 3.8) is 0 Å². The van der Waals surface area contributed by atoms with Crippen LogP contribution >= 0.6 is 0 Å². The zero-order valence-corrected chi connectivity index (χ0v) is 12.9. The highest BCUT2D eigenvalue weighted by Gasteiger charge is 2.14. The standard InChI is InChI=1S/C16H12F2N4O3/c1-24-16-12(18)6-11(8-19-16)20-21-15(23)13-7-14(25-22-13)9-2-4-10(17)5-3-9/h2-8,20H,1H3,(H,21,23). The molecule has 0 spiro atoms. The van der Waals surface area contributed by atoms with E-state index in [1.54, 1.807) is 0 Å². The van der Waals surface area contributed by atoms with E-state index in [4.69, 9.17) is 9.26 Å². The van der Waals surface area contributed by atoms with Gasteiger partial charge in [0.05, 0.1) is 19.0 Å². The first-order valence-electron chi connectivity index (χ1n) is 7.05. The largest absolute Gasteiger partial charge is 0.479 e. The smallest absolute Gasteiger partial charge is 0.291 e. The van der Waals surface area contributed by atoms with Crippen molar-refractivity contribution in [3.8, 4) is 17.2 Å². The van der Waals surface area contributed by atoms with Crippen LogP contribution in [0.5, 0.6) is 5.88 Å². The number of rotatable bonds is 5. The Morgan fingerprint density at radius 2 is 1.96 bits per heavy atom. The Labute approximate surface area is 140 Å². The molecule has 128 valence electrons. The van der Waals surface area contributed by atoms with Crippen LogP contribution in [-0.4, -0.2) is 23.2 Å². The van der Waals surface area contributed by atoms with E-state index in [-0.39, 0.29) is 23.1 Å². The van der Waals surface area contributed by atoms with Gasteiger partial charge in [0.1, 0.15) is 5.82 Å². The van der Waals surface area contributed by atoms with Gasteiger partial charge in [0, 0.05) is 17.7 Å². The first-order chi connectivity index (χ1) is 12.1. The van der Waals surface area contributed by atoms with Crippen LogP contribution in [0.4, 0.5) is 14.5 Å². The van der Waals surface area contributed by atoms with Crippen LogP contribution in [0.1, 0.15) is 10.5 Å². The molecule has 0 aliphatic heterocycles. The molecule has 9 heteroatoms. The topological polar surface area (TPSA) is 89.3 Å². The highest BCUT2D eigenvalue weighted by Crippen LogP contribution is 2.21. The molecule has 0 bridgehead atoms. The molecule has 3 rings (SSSR count). The second-order valence-electron chi connectivity index (χ2n) is 4.88. The third-order valence-electron chi connectivity index (χ3n) is 3.19. The van der Waals surface area contributed by atoms with Crippen molar-refractivity contribution in [1.82, 2.24) is 15.6 Å². The van der Waals surface area contributed by atoms with Gasteiger partial charge in [-0.3, -0.25) is 15.6 Å². The number of nitrogens with zero attached hydrogens (tertiary/aromatic N) is 2. The van der Waals surface area contributed by atoms with Crippen LogP contribution < -0.4 is 15.6 Å². The summed E-state index contributed by atoms with van der Waals surface area (Å²) in [4.78, 5) is 15.8. The zero-order chi connectivity index (χ0) is 17.8. The fourth-order valence-corrected chi connectivity index (χ4v) is 1.97. The zero-order valence-electron chi connectivity index (χ0n) is 12.9. The fourth-order valence-electron chi connectivity index (χ4n) is 1.97. The Morgan fingerprint density at radius 3 is 2.64 bits per heavy atom. The number of pyridine rings is 1. The summed E-state index contributed by atoms with van der Waals surface area (Å²) in [6.07, 6.45) is 1.29. The number of hydrogen-bond acceptors (Lipinski definition) is 6. The van der Waals surface area contributed by atoms with Crippen molar-refractivity contribution < 1.29 is 22.8 Å². The average Bonchev–Trinajstić information content (AvgIpc) is 3.10. The molecule has 25 heavy (non-hydrogen) atoms. The number of ether oxygens (including phenoxy) is 1. The number of amides is 1. The molecule has 2 aromatic heterocycles. The molecule has 1 amide bonds. The van der Waals surface area contributed by atoms with Crippen LogP contribution in [-0.2, 0) is 0 Å². The van der Waals surface area contributed by atoms with Gasteiger partial charge in [0.15, 0.2) is 17.3 Å². The number of carbonyl (C=O) groups is 1. The van der Waals surface area contributed by atoms with Crippen molar-refractivity contribution >= 4 is 11.6 Å². The lowest BCUT2D eigenvalue weighted by atomic mass is 10.1. The summed E-state index contributed by atoms with van der Waals surface area (Å²) in [5.41, 5.74) is 5.62. The lowest BCUT2D eigenvalue weighted by Gasteiger charge is -2.07. The summed E-state index contributed by atoms with van der Waals surface area (Å²) in [7, 11) is 1.30. The van der Waals surface area contributed by atoms with Gasteiger partial charge in [-0.05, 0) is 24.3 Å². The molecule has 0 atom stereocenters. The van der Waals surface area contributed by atoms with Crippen molar-refractivity contribution in [1.29, 1.82) is 0 Å². The van der Waals surface area contributed by atoms with Crippen molar-refractivity contribution in [3.05, 3.63) is 59.9 Å². The third-order valence-corrected chi connectivity index (χ3v) is 3.19. The Morgan fingerprint density at radius 1 is 1.20 bits per heavy atom. The molecular formula is C16H12F2N4O3. The van der Waals surface area contributed by atoms with Gasteiger partial charge in [-0.2, -0.15) is 0 Å². The highest BCUT2D eigenvalue weighted by atomic mass is 19.1. The second-order valence-corrected chi connectivity index (χ2v) is 4.88. The number of halogens is 2. The summed E-state index contributed by atoms with van der Waals surface area (Å²) < 4.78 is 36.2. The highest BCUT2D eigenvalue weighted by molar-refractivity contribution is 5.93. The number of anilines is 1.